The highest BCUT2D eigenvalue weighted by Crippen LogP contribution is 2.13. The number of benzene rings is 1. The summed E-state index contributed by atoms with van der Waals surface area (Å²) in [7, 11) is 2.16. The van der Waals surface area contributed by atoms with Crippen molar-refractivity contribution in [2.45, 2.75) is 25.0 Å². The van der Waals surface area contributed by atoms with Crippen molar-refractivity contribution in [1.82, 2.24) is 10.2 Å². The minimum Gasteiger partial charge on any atom is -0.387 e. The Kier molecular flexibility index (Phi) is 6.65. The molecule has 2 N–H and O–H groups in total. The predicted molar refractivity (Wildman–Crippen MR) is 77.2 cm³/mol. The van der Waals surface area contributed by atoms with Crippen LogP contribution in [0.15, 0.2) is 30.3 Å². The number of piperidine rings is 1. The van der Waals surface area contributed by atoms with Crippen molar-refractivity contribution in [3.63, 3.8) is 0 Å². The third-order valence-electron chi connectivity index (χ3n) is 3.50. The Hall–Kier alpha value is -0.610. The van der Waals surface area contributed by atoms with E-state index >= 15 is 0 Å². The summed E-state index contributed by atoms with van der Waals surface area (Å²) in [5.41, 5.74) is 0.993. The second kappa shape index (κ2) is 7.74. The monoisotopic (exact) mass is 270 g/mol. The van der Waals surface area contributed by atoms with Gasteiger partial charge >= 0.3 is 0 Å². The number of nitrogens with zero attached hydrogens (tertiary/aromatic N) is 1. The lowest BCUT2D eigenvalue weighted by Gasteiger charge is -2.30. The highest BCUT2D eigenvalue weighted by atomic mass is 35.5. The van der Waals surface area contributed by atoms with Gasteiger partial charge in [-0.15, -0.1) is 12.4 Å². The minimum atomic E-state index is -0.393. The molecule has 2 rings (SSSR count). The maximum absolute atomic E-state index is 10.0. The zero-order chi connectivity index (χ0) is 12.1. The lowest BCUT2D eigenvalue weighted by atomic mass is 10.0. The first-order chi connectivity index (χ1) is 8.25. The summed E-state index contributed by atoms with van der Waals surface area (Å²) in [4.78, 5) is 2.35. The van der Waals surface area contributed by atoms with E-state index in [4.69, 9.17) is 0 Å². The van der Waals surface area contributed by atoms with Crippen LogP contribution in [0.4, 0.5) is 0 Å². The van der Waals surface area contributed by atoms with E-state index in [0.717, 1.165) is 18.7 Å². The van der Waals surface area contributed by atoms with Gasteiger partial charge in [0.2, 0.25) is 0 Å². The molecule has 1 aliphatic heterocycles. The topological polar surface area (TPSA) is 35.5 Å². The van der Waals surface area contributed by atoms with E-state index in [1.165, 1.54) is 12.8 Å². The first-order valence-corrected chi connectivity index (χ1v) is 6.40. The third kappa shape index (κ3) is 4.58. The van der Waals surface area contributed by atoms with Crippen LogP contribution in [-0.4, -0.2) is 42.7 Å². The summed E-state index contributed by atoms with van der Waals surface area (Å²) < 4.78 is 0. The molecule has 1 saturated heterocycles. The zero-order valence-electron chi connectivity index (χ0n) is 10.9. The zero-order valence-corrected chi connectivity index (χ0v) is 11.7. The van der Waals surface area contributed by atoms with Gasteiger partial charge < -0.3 is 15.3 Å². The smallest absolute Gasteiger partial charge is 0.0914 e. The predicted octanol–water partition coefficient (Wildman–Crippen LogP) is 1.83. The molecule has 0 spiro atoms. The summed E-state index contributed by atoms with van der Waals surface area (Å²) in [5.74, 6) is 0. The van der Waals surface area contributed by atoms with Gasteiger partial charge in [-0.2, -0.15) is 0 Å². The number of aliphatic hydroxyl groups excluding tert-OH is 1. The molecule has 1 heterocycles. The van der Waals surface area contributed by atoms with Crippen LogP contribution < -0.4 is 5.32 Å². The molecule has 4 heteroatoms. The molecule has 1 aromatic rings. The lowest BCUT2D eigenvalue weighted by molar-refractivity contribution is 0.158. The van der Waals surface area contributed by atoms with Crippen LogP contribution in [0.1, 0.15) is 24.5 Å². The Labute approximate surface area is 116 Å². The molecule has 0 amide bonds. The van der Waals surface area contributed by atoms with E-state index in [2.05, 4.69) is 17.3 Å². The maximum Gasteiger partial charge on any atom is 0.0914 e. The van der Waals surface area contributed by atoms with Gasteiger partial charge in [0.15, 0.2) is 0 Å². The number of hydrogen-bond donors (Lipinski definition) is 2. The molecule has 1 unspecified atom stereocenters. The van der Waals surface area contributed by atoms with Crippen molar-refractivity contribution < 1.29 is 5.11 Å². The maximum atomic E-state index is 10.0. The molecule has 0 aromatic heterocycles. The molecule has 0 saturated carbocycles. The van der Waals surface area contributed by atoms with Gasteiger partial charge in [-0.1, -0.05) is 30.3 Å². The van der Waals surface area contributed by atoms with E-state index in [1.54, 1.807) is 0 Å². The largest absolute Gasteiger partial charge is 0.387 e. The molecule has 0 aliphatic carbocycles. The van der Waals surface area contributed by atoms with E-state index < -0.39 is 6.10 Å². The van der Waals surface area contributed by atoms with Crippen LogP contribution in [-0.2, 0) is 0 Å². The average Bonchev–Trinajstić information content (AvgIpc) is 2.39. The Balaban J connectivity index is 0.00000162. The Bertz CT molecular complexity index is 326. The van der Waals surface area contributed by atoms with Crippen LogP contribution in [0.3, 0.4) is 0 Å². The Morgan fingerprint density at radius 1 is 1.28 bits per heavy atom. The molecule has 0 bridgehead atoms. The van der Waals surface area contributed by atoms with Crippen molar-refractivity contribution in [3.05, 3.63) is 35.9 Å². The fourth-order valence-electron chi connectivity index (χ4n) is 2.28. The van der Waals surface area contributed by atoms with Crippen molar-refractivity contribution in [1.29, 1.82) is 0 Å². The van der Waals surface area contributed by atoms with E-state index in [9.17, 15) is 5.11 Å². The van der Waals surface area contributed by atoms with Crippen molar-refractivity contribution in [3.8, 4) is 0 Å². The minimum absolute atomic E-state index is 0. The number of aliphatic hydroxyl groups is 1. The standard InChI is InChI=1S/C14H22N2O.ClH/c1-16-9-7-13(8-10-16)15-11-14(17)12-5-3-2-4-6-12;/h2-6,13-15,17H,7-11H2,1H3;1H. The van der Waals surface area contributed by atoms with E-state index in [1.807, 2.05) is 30.3 Å². The SMILES string of the molecule is CN1CCC(NCC(O)c2ccccc2)CC1.Cl. The molecule has 1 fully saturated rings. The summed E-state index contributed by atoms with van der Waals surface area (Å²) in [6, 6.07) is 10.4. The third-order valence-corrected chi connectivity index (χ3v) is 3.50. The summed E-state index contributed by atoms with van der Waals surface area (Å²) in [5, 5.41) is 13.5. The molecule has 102 valence electrons. The highest BCUT2D eigenvalue weighted by Gasteiger charge is 2.17. The van der Waals surface area contributed by atoms with Gasteiger partial charge in [0, 0.05) is 12.6 Å². The van der Waals surface area contributed by atoms with Crippen LogP contribution >= 0.6 is 12.4 Å². The van der Waals surface area contributed by atoms with Gasteiger partial charge in [-0.3, -0.25) is 0 Å². The van der Waals surface area contributed by atoms with E-state index in [0.29, 0.717) is 12.6 Å². The molecule has 0 radical (unpaired) electrons. The molecule has 1 aliphatic rings. The first-order valence-electron chi connectivity index (χ1n) is 6.40. The Morgan fingerprint density at radius 2 is 1.89 bits per heavy atom. The van der Waals surface area contributed by atoms with Gasteiger partial charge in [0.1, 0.15) is 0 Å². The molecule has 3 nitrogen and oxygen atoms in total. The van der Waals surface area contributed by atoms with Crippen LogP contribution in [0.25, 0.3) is 0 Å². The van der Waals surface area contributed by atoms with Crippen LogP contribution in [0, 0.1) is 0 Å². The molecule has 1 aromatic carbocycles. The molecular formula is C14H23ClN2O. The number of halogens is 1. The molecule has 18 heavy (non-hydrogen) atoms. The van der Waals surface area contributed by atoms with Gasteiger partial charge in [0.25, 0.3) is 0 Å². The van der Waals surface area contributed by atoms with E-state index in [-0.39, 0.29) is 12.4 Å². The number of nitrogens with one attached hydrogen (secondary N) is 1. The fourth-order valence-corrected chi connectivity index (χ4v) is 2.28. The average molecular weight is 271 g/mol. The van der Waals surface area contributed by atoms with Crippen LogP contribution in [0.5, 0.6) is 0 Å². The quantitative estimate of drug-likeness (QED) is 0.876. The first kappa shape index (κ1) is 15.4. The number of rotatable bonds is 4. The number of likely N-dealkylation sites (tertiary alicyclic amines) is 1. The summed E-state index contributed by atoms with van der Waals surface area (Å²) >= 11 is 0. The fraction of sp³-hybridized carbons (Fsp3) is 0.571. The summed E-state index contributed by atoms with van der Waals surface area (Å²) in [6.45, 7) is 2.95. The van der Waals surface area contributed by atoms with Gasteiger partial charge in [0.05, 0.1) is 6.10 Å². The second-order valence-electron chi connectivity index (χ2n) is 4.91. The normalized spacial score (nSPS) is 19.2. The molecule has 1 atom stereocenters. The van der Waals surface area contributed by atoms with Gasteiger partial charge in [-0.25, -0.2) is 0 Å². The summed E-state index contributed by atoms with van der Waals surface area (Å²) in [6.07, 6.45) is 1.96. The number of hydrogen-bond acceptors (Lipinski definition) is 3. The second-order valence-corrected chi connectivity index (χ2v) is 4.91. The van der Waals surface area contributed by atoms with Crippen LogP contribution in [0.2, 0.25) is 0 Å². The lowest BCUT2D eigenvalue weighted by Crippen LogP contribution is -2.42. The van der Waals surface area contributed by atoms with Crippen molar-refractivity contribution in [2.75, 3.05) is 26.7 Å². The Morgan fingerprint density at radius 3 is 2.50 bits per heavy atom. The highest BCUT2D eigenvalue weighted by molar-refractivity contribution is 5.85. The molecular weight excluding hydrogens is 248 g/mol. The van der Waals surface area contributed by atoms with Gasteiger partial charge in [-0.05, 0) is 38.5 Å². The van der Waals surface area contributed by atoms with Crippen molar-refractivity contribution in [2.24, 2.45) is 0 Å². The van der Waals surface area contributed by atoms with Crippen molar-refractivity contribution >= 4 is 12.4 Å².